The summed E-state index contributed by atoms with van der Waals surface area (Å²) in [6, 6.07) is 4.92. The van der Waals surface area contributed by atoms with Crippen molar-refractivity contribution in [3.05, 3.63) is 18.2 Å². The molecule has 1 aliphatic rings. The van der Waals surface area contributed by atoms with Crippen LogP contribution in [0.15, 0.2) is 23.1 Å². The van der Waals surface area contributed by atoms with Crippen LogP contribution in [-0.4, -0.2) is 32.9 Å². The first-order valence-corrected chi connectivity index (χ1v) is 8.34. The maximum Gasteiger partial charge on any atom is 0.244 e. The molecule has 2 rings (SSSR count). The third-order valence-corrected chi connectivity index (χ3v) is 5.50. The lowest BCUT2D eigenvalue weighted by atomic mass is 9.98. The molecule has 1 aromatic rings. The summed E-state index contributed by atoms with van der Waals surface area (Å²) in [6.45, 7) is 0. The Morgan fingerprint density at radius 3 is 2.45 bits per heavy atom. The molecule has 6 heteroatoms. The molecule has 0 saturated heterocycles. The highest BCUT2D eigenvalue weighted by atomic mass is 32.2. The lowest BCUT2D eigenvalue weighted by molar-refractivity contribution is 0.155. The number of ether oxygens (including phenoxy) is 1. The number of benzene rings is 1. The van der Waals surface area contributed by atoms with Crippen molar-refractivity contribution in [2.45, 2.75) is 43.1 Å². The van der Waals surface area contributed by atoms with Crippen molar-refractivity contribution in [3.63, 3.8) is 0 Å². The SMILES string of the molecule is CN(C)S(=O)(=O)c1cccc(OC2CCCCC2)c1N. The lowest BCUT2D eigenvalue weighted by Gasteiger charge is -2.24. The Morgan fingerprint density at radius 2 is 1.85 bits per heavy atom. The molecule has 1 aromatic carbocycles. The minimum absolute atomic E-state index is 0.107. The highest BCUT2D eigenvalue weighted by Gasteiger charge is 2.23. The highest BCUT2D eigenvalue weighted by Crippen LogP contribution is 2.32. The van der Waals surface area contributed by atoms with Gasteiger partial charge in [0.25, 0.3) is 0 Å². The first kappa shape index (κ1) is 15.1. The Hall–Kier alpha value is -1.27. The van der Waals surface area contributed by atoms with E-state index >= 15 is 0 Å². The van der Waals surface area contributed by atoms with Crippen LogP contribution in [0, 0.1) is 0 Å². The minimum Gasteiger partial charge on any atom is -0.488 e. The topological polar surface area (TPSA) is 72.6 Å². The van der Waals surface area contributed by atoms with Crippen molar-refractivity contribution in [3.8, 4) is 5.75 Å². The molecule has 0 heterocycles. The molecule has 0 radical (unpaired) electrons. The van der Waals surface area contributed by atoms with Gasteiger partial charge in [0.15, 0.2) is 0 Å². The van der Waals surface area contributed by atoms with E-state index in [0.717, 1.165) is 30.0 Å². The molecule has 0 spiro atoms. The number of hydrogen-bond donors (Lipinski definition) is 1. The Labute approximate surface area is 120 Å². The molecule has 0 amide bonds. The second-order valence-electron chi connectivity index (χ2n) is 5.33. The zero-order valence-corrected chi connectivity index (χ0v) is 12.8. The summed E-state index contributed by atoms with van der Waals surface area (Å²) >= 11 is 0. The van der Waals surface area contributed by atoms with Crippen molar-refractivity contribution < 1.29 is 13.2 Å². The van der Waals surface area contributed by atoms with E-state index in [-0.39, 0.29) is 16.7 Å². The molecular formula is C14H22N2O3S. The number of sulfonamides is 1. The van der Waals surface area contributed by atoms with Crippen molar-refractivity contribution in [2.75, 3.05) is 19.8 Å². The summed E-state index contributed by atoms with van der Waals surface area (Å²) < 4.78 is 31.4. The van der Waals surface area contributed by atoms with Crippen LogP contribution in [0.4, 0.5) is 5.69 Å². The van der Waals surface area contributed by atoms with Crippen LogP contribution in [0.3, 0.4) is 0 Å². The molecule has 0 aliphatic heterocycles. The Morgan fingerprint density at radius 1 is 1.20 bits per heavy atom. The van der Waals surface area contributed by atoms with Crippen molar-refractivity contribution >= 4 is 15.7 Å². The molecular weight excluding hydrogens is 276 g/mol. The predicted octanol–water partition coefficient (Wildman–Crippen LogP) is 2.23. The van der Waals surface area contributed by atoms with Crippen LogP contribution >= 0.6 is 0 Å². The van der Waals surface area contributed by atoms with E-state index in [1.54, 1.807) is 12.1 Å². The van der Waals surface area contributed by atoms with Gasteiger partial charge in [-0.15, -0.1) is 0 Å². The van der Waals surface area contributed by atoms with Crippen molar-refractivity contribution in [1.82, 2.24) is 4.31 Å². The molecule has 20 heavy (non-hydrogen) atoms. The van der Waals surface area contributed by atoms with Gasteiger partial charge in [-0.1, -0.05) is 12.5 Å². The zero-order chi connectivity index (χ0) is 14.8. The number of nitrogens with two attached hydrogens (primary N) is 1. The van der Waals surface area contributed by atoms with Crippen LogP contribution in [-0.2, 0) is 10.0 Å². The molecule has 1 fully saturated rings. The Bertz CT molecular complexity index is 564. The van der Waals surface area contributed by atoms with Gasteiger partial charge in [-0.2, -0.15) is 0 Å². The highest BCUT2D eigenvalue weighted by molar-refractivity contribution is 7.89. The Balaban J connectivity index is 2.27. The van der Waals surface area contributed by atoms with Gasteiger partial charge in [0, 0.05) is 14.1 Å². The third-order valence-electron chi connectivity index (χ3n) is 3.63. The van der Waals surface area contributed by atoms with E-state index in [1.807, 2.05) is 0 Å². The average Bonchev–Trinajstić information content (AvgIpc) is 2.42. The Kier molecular flexibility index (Phi) is 4.55. The van der Waals surface area contributed by atoms with E-state index in [4.69, 9.17) is 10.5 Å². The molecule has 112 valence electrons. The van der Waals surface area contributed by atoms with E-state index in [9.17, 15) is 8.42 Å². The fourth-order valence-electron chi connectivity index (χ4n) is 2.41. The summed E-state index contributed by atoms with van der Waals surface area (Å²) in [7, 11) is -0.564. The van der Waals surface area contributed by atoms with Crippen LogP contribution in [0.1, 0.15) is 32.1 Å². The molecule has 1 aliphatic carbocycles. The molecule has 0 bridgehead atoms. The average molecular weight is 298 g/mol. The van der Waals surface area contributed by atoms with Crippen molar-refractivity contribution in [2.24, 2.45) is 0 Å². The molecule has 0 atom stereocenters. The van der Waals surface area contributed by atoms with E-state index in [0.29, 0.717) is 5.75 Å². The number of hydrogen-bond acceptors (Lipinski definition) is 4. The van der Waals surface area contributed by atoms with Gasteiger partial charge >= 0.3 is 0 Å². The predicted molar refractivity (Wildman–Crippen MR) is 79.2 cm³/mol. The van der Waals surface area contributed by atoms with Gasteiger partial charge < -0.3 is 10.5 Å². The fourth-order valence-corrected chi connectivity index (χ4v) is 3.43. The molecule has 0 aromatic heterocycles. The summed E-state index contributed by atoms with van der Waals surface area (Å²) in [5, 5.41) is 0. The van der Waals surface area contributed by atoms with E-state index < -0.39 is 10.0 Å². The van der Waals surface area contributed by atoms with E-state index in [1.165, 1.54) is 26.6 Å². The van der Waals surface area contributed by atoms with Gasteiger partial charge in [-0.05, 0) is 37.8 Å². The van der Waals surface area contributed by atoms with Gasteiger partial charge in [-0.25, -0.2) is 12.7 Å². The first-order chi connectivity index (χ1) is 9.43. The summed E-state index contributed by atoms with van der Waals surface area (Å²) in [6.07, 6.45) is 5.70. The largest absolute Gasteiger partial charge is 0.488 e. The summed E-state index contributed by atoms with van der Waals surface area (Å²) in [5.41, 5.74) is 6.19. The molecule has 5 nitrogen and oxygen atoms in total. The smallest absolute Gasteiger partial charge is 0.244 e. The van der Waals surface area contributed by atoms with Crippen LogP contribution in [0.2, 0.25) is 0 Å². The van der Waals surface area contributed by atoms with Gasteiger partial charge in [0.1, 0.15) is 10.6 Å². The maximum absolute atomic E-state index is 12.2. The molecule has 0 unspecified atom stereocenters. The maximum atomic E-state index is 12.2. The molecule has 1 saturated carbocycles. The number of para-hydroxylation sites is 1. The monoisotopic (exact) mass is 298 g/mol. The van der Waals surface area contributed by atoms with Gasteiger partial charge in [0.2, 0.25) is 10.0 Å². The van der Waals surface area contributed by atoms with Crippen LogP contribution in [0.25, 0.3) is 0 Å². The number of anilines is 1. The minimum atomic E-state index is -3.54. The second kappa shape index (κ2) is 6.01. The van der Waals surface area contributed by atoms with Crippen LogP contribution in [0.5, 0.6) is 5.75 Å². The quantitative estimate of drug-likeness (QED) is 0.865. The second-order valence-corrected chi connectivity index (χ2v) is 7.45. The summed E-state index contributed by atoms with van der Waals surface area (Å²) in [4.78, 5) is 0.107. The fraction of sp³-hybridized carbons (Fsp3) is 0.571. The van der Waals surface area contributed by atoms with Crippen LogP contribution < -0.4 is 10.5 Å². The zero-order valence-electron chi connectivity index (χ0n) is 12.0. The lowest BCUT2D eigenvalue weighted by Crippen LogP contribution is -2.24. The van der Waals surface area contributed by atoms with E-state index in [2.05, 4.69) is 0 Å². The number of nitrogens with zero attached hydrogens (tertiary/aromatic N) is 1. The number of nitrogen functional groups attached to an aromatic ring is 1. The normalized spacial score (nSPS) is 17.4. The summed E-state index contributed by atoms with van der Waals surface area (Å²) in [5.74, 6) is 0.472. The number of rotatable bonds is 4. The first-order valence-electron chi connectivity index (χ1n) is 6.90. The molecule has 2 N–H and O–H groups in total. The van der Waals surface area contributed by atoms with Gasteiger partial charge in [-0.3, -0.25) is 0 Å². The standard InChI is InChI=1S/C14H22N2O3S/c1-16(2)20(17,18)13-10-6-9-12(14(13)15)19-11-7-4-3-5-8-11/h6,9-11H,3-5,7-8,15H2,1-2H3. The van der Waals surface area contributed by atoms with Crippen molar-refractivity contribution in [1.29, 1.82) is 0 Å². The van der Waals surface area contributed by atoms with Gasteiger partial charge in [0.05, 0.1) is 11.8 Å². The third kappa shape index (κ3) is 3.07.